The van der Waals surface area contributed by atoms with E-state index in [1.807, 2.05) is 24.3 Å². The van der Waals surface area contributed by atoms with E-state index < -0.39 is 35.6 Å². The van der Waals surface area contributed by atoms with E-state index in [9.17, 15) is 33.6 Å². The third-order valence-corrected chi connectivity index (χ3v) is 11.6. The van der Waals surface area contributed by atoms with Crippen LogP contribution < -0.4 is 52.4 Å². The summed E-state index contributed by atoms with van der Waals surface area (Å²) >= 11 is 0. The number of nitrogens with one attached hydrogen (secondary N) is 7. The van der Waals surface area contributed by atoms with Crippen molar-refractivity contribution in [2.45, 2.75) is 31.7 Å². The summed E-state index contributed by atoms with van der Waals surface area (Å²) < 4.78 is 34.2. The van der Waals surface area contributed by atoms with Crippen molar-refractivity contribution in [3.8, 4) is 11.5 Å². The lowest BCUT2D eigenvalue weighted by Gasteiger charge is -2.18. The lowest BCUT2D eigenvalue weighted by Crippen LogP contribution is -2.48. The lowest BCUT2D eigenvalue weighted by molar-refractivity contribution is -0.132. The fourth-order valence-electron chi connectivity index (χ4n) is 7.66. The molecule has 78 heavy (non-hydrogen) atoms. The number of hydrogen-bond acceptors (Lipinski definition) is 17. The molecule has 1 aliphatic carbocycles. The third kappa shape index (κ3) is 18.7. The number of carbonyl (C=O) groups excluding carboxylic acids is 7. The Morgan fingerprint density at radius 2 is 1.29 bits per heavy atom. The topological polar surface area (TPSA) is 328 Å². The lowest BCUT2D eigenvalue weighted by atomic mass is 10.00. The van der Waals surface area contributed by atoms with E-state index in [0.29, 0.717) is 73.8 Å². The number of rotatable bonds is 34. The van der Waals surface area contributed by atoms with Crippen molar-refractivity contribution in [2.75, 3.05) is 110 Å². The Kier molecular flexibility index (Phi) is 23.9. The number of nitrogens with two attached hydrogens (primary N) is 1. The molecule has 0 fully saturated rings. The first-order valence-corrected chi connectivity index (χ1v) is 25.3. The SMILES string of the molecule is COc1ccc(NC(=O)c2cn3ncccc3n2)cc1C(=O)NCCOCCOCC(=O)NCCCC[C@H](NC(=O)COCCOCCNC(=O)c1cc(NC(=O)C2=CC3C=CC=CC3=N2)ccc1OC)C(=O)NCCCN. The van der Waals surface area contributed by atoms with Gasteiger partial charge in [-0.05, 0) is 92.9 Å². The van der Waals surface area contributed by atoms with E-state index in [1.165, 1.54) is 37.1 Å². The fraction of sp³-hybridized carbons (Fsp3) is 0.396. The number of benzene rings is 2. The summed E-state index contributed by atoms with van der Waals surface area (Å²) in [5.41, 5.74) is 8.48. The summed E-state index contributed by atoms with van der Waals surface area (Å²) in [5.74, 6) is -2.39. The number of nitrogens with zero attached hydrogens (tertiary/aromatic N) is 4. The molecule has 0 radical (unpaired) electrons. The average molecular weight is 1080 g/mol. The fourth-order valence-corrected chi connectivity index (χ4v) is 7.66. The number of carbonyl (C=O) groups is 7. The Morgan fingerprint density at radius 1 is 0.667 bits per heavy atom. The second kappa shape index (κ2) is 31.6. The smallest absolute Gasteiger partial charge is 0.275 e. The second-order valence-electron chi connectivity index (χ2n) is 17.3. The van der Waals surface area contributed by atoms with Crippen LogP contribution in [-0.2, 0) is 38.1 Å². The summed E-state index contributed by atoms with van der Waals surface area (Å²) in [6, 6.07) is 12.0. The number of fused-ring (bicyclic) bond motifs is 2. The average Bonchev–Trinajstić information content (AvgIpc) is 4.12. The molecule has 416 valence electrons. The van der Waals surface area contributed by atoms with Crippen molar-refractivity contribution in [2.24, 2.45) is 16.6 Å². The Morgan fingerprint density at radius 3 is 1.92 bits per heavy atom. The maximum Gasteiger partial charge on any atom is 0.275 e. The van der Waals surface area contributed by atoms with Crippen LogP contribution in [0.25, 0.3) is 5.65 Å². The first-order chi connectivity index (χ1) is 38.0. The Balaban J connectivity index is 0.786. The molecule has 1 aliphatic heterocycles. The molecular formula is C53H66N12O13. The molecule has 2 aromatic heterocycles. The van der Waals surface area contributed by atoms with Crippen molar-refractivity contribution < 1.29 is 62.0 Å². The molecule has 7 amide bonds. The van der Waals surface area contributed by atoms with Gasteiger partial charge in [-0.3, -0.25) is 33.6 Å². The number of methoxy groups -OCH3 is 2. The van der Waals surface area contributed by atoms with Crippen LogP contribution in [0.3, 0.4) is 0 Å². The highest BCUT2D eigenvalue weighted by Gasteiger charge is 2.24. The zero-order valence-corrected chi connectivity index (χ0v) is 43.5. The van der Waals surface area contributed by atoms with Gasteiger partial charge >= 0.3 is 0 Å². The standard InChI is InChI=1S/C53H66N12O13/c1-73-44-15-13-36(60-52(71)42-29-35-9-3-4-10-40(35)62-42)30-38(44)49(68)57-22-24-76-26-28-78-34-48(67)64-41(51(70)56-19-8-17-54)11-5-6-18-55-47(66)33-77-27-25-75-23-21-58-50(69)39-31-37(14-16-45(39)74-2)61-53(72)43-32-65-46(63-43)12-7-20-59-65/h3-4,7,9-10,12-16,20,29-32,35,41H,5-6,8,11,17-19,21-28,33-34,54H2,1-2H3,(H,55,66)(H,56,70)(H,57,68)(H,58,69)(H,60,71)(H,61,72)(H,64,67)/t35?,41-/m0/s1. The van der Waals surface area contributed by atoms with E-state index in [0.717, 1.165) is 5.71 Å². The van der Waals surface area contributed by atoms with Gasteiger partial charge in [-0.1, -0.05) is 18.2 Å². The first-order valence-electron chi connectivity index (χ1n) is 25.3. The van der Waals surface area contributed by atoms with Crippen molar-refractivity contribution >= 4 is 64.1 Å². The molecule has 0 bridgehead atoms. The summed E-state index contributed by atoms with van der Waals surface area (Å²) in [6.45, 7) is 1.63. The Labute approximate surface area is 450 Å². The van der Waals surface area contributed by atoms with Gasteiger partial charge in [0.05, 0.1) is 76.9 Å². The van der Waals surface area contributed by atoms with Gasteiger partial charge in [0.2, 0.25) is 17.7 Å². The Hall–Kier alpha value is -8.36. The number of hydrogen-bond donors (Lipinski definition) is 8. The molecule has 3 heterocycles. The quantitative estimate of drug-likeness (QED) is 0.0307. The zero-order valence-electron chi connectivity index (χ0n) is 43.5. The molecule has 6 rings (SSSR count). The molecule has 2 atom stereocenters. The highest BCUT2D eigenvalue weighted by molar-refractivity contribution is 6.12. The van der Waals surface area contributed by atoms with Gasteiger partial charge in [0, 0.05) is 49.7 Å². The number of amides is 7. The minimum atomic E-state index is -0.845. The van der Waals surface area contributed by atoms with E-state index in [2.05, 4.69) is 52.3 Å². The minimum absolute atomic E-state index is 0.0464. The van der Waals surface area contributed by atoms with Gasteiger partial charge in [-0.2, -0.15) is 5.10 Å². The number of imidazole rings is 1. The van der Waals surface area contributed by atoms with E-state index >= 15 is 0 Å². The number of unbranched alkanes of at least 4 members (excludes halogenated alkanes) is 1. The summed E-state index contributed by atoms with van der Waals surface area (Å²) in [5, 5.41) is 23.4. The van der Waals surface area contributed by atoms with Crippen LogP contribution in [-0.4, -0.2) is 168 Å². The molecule has 0 spiro atoms. The normalized spacial score (nSPS) is 13.6. The third-order valence-electron chi connectivity index (χ3n) is 11.6. The largest absolute Gasteiger partial charge is 0.496 e. The maximum atomic E-state index is 13.1. The minimum Gasteiger partial charge on any atom is -0.496 e. The summed E-state index contributed by atoms with van der Waals surface area (Å²) in [4.78, 5) is 98.5. The van der Waals surface area contributed by atoms with Crippen molar-refractivity contribution in [3.05, 3.63) is 114 Å². The highest BCUT2D eigenvalue weighted by atomic mass is 16.5. The van der Waals surface area contributed by atoms with Crippen LogP contribution in [0.4, 0.5) is 11.4 Å². The van der Waals surface area contributed by atoms with E-state index in [1.54, 1.807) is 48.7 Å². The van der Waals surface area contributed by atoms with E-state index in [-0.39, 0.29) is 106 Å². The van der Waals surface area contributed by atoms with Gasteiger partial charge in [-0.25, -0.2) is 14.5 Å². The molecule has 25 heteroatoms. The molecule has 1 unspecified atom stereocenters. The molecule has 0 saturated heterocycles. The van der Waals surface area contributed by atoms with Crippen molar-refractivity contribution in [1.29, 1.82) is 0 Å². The van der Waals surface area contributed by atoms with Gasteiger partial charge in [0.1, 0.15) is 42.1 Å². The summed E-state index contributed by atoms with van der Waals surface area (Å²) in [6.07, 6.45) is 14.3. The number of aliphatic imine (C=N–C) groups is 1. The number of aromatic nitrogens is 3. The van der Waals surface area contributed by atoms with Crippen molar-refractivity contribution in [3.63, 3.8) is 0 Å². The van der Waals surface area contributed by atoms with Crippen LogP contribution in [0.2, 0.25) is 0 Å². The van der Waals surface area contributed by atoms with Gasteiger partial charge in [0.25, 0.3) is 23.6 Å². The van der Waals surface area contributed by atoms with Gasteiger partial charge in [-0.15, -0.1) is 0 Å². The number of ether oxygens (including phenoxy) is 6. The van der Waals surface area contributed by atoms with Crippen LogP contribution >= 0.6 is 0 Å². The number of allylic oxidation sites excluding steroid dienone is 5. The molecule has 4 aromatic rings. The molecule has 0 saturated carbocycles. The van der Waals surface area contributed by atoms with Crippen LogP contribution in [0.5, 0.6) is 11.5 Å². The predicted molar refractivity (Wildman–Crippen MR) is 286 cm³/mol. The number of anilines is 2. The van der Waals surface area contributed by atoms with Crippen molar-refractivity contribution in [1.82, 2.24) is 41.2 Å². The van der Waals surface area contributed by atoms with Gasteiger partial charge in [0.15, 0.2) is 5.65 Å². The zero-order chi connectivity index (χ0) is 55.5. The molecule has 25 nitrogen and oxygen atoms in total. The maximum absolute atomic E-state index is 13.1. The van der Waals surface area contributed by atoms with Crippen LogP contribution in [0.1, 0.15) is 56.9 Å². The van der Waals surface area contributed by atoms with Gasteiger partial charge < -0.3 is 71.4 Å². The summed E-state index contributed by atoms with van der Waals surface area (Å²) in [7, 11) is 2.87. The molecule has 2 aromatic carbocycles. The second-order valence-corrected chi connectivity index (χ2v) is 17.3. The van der Waals surface area contributed by atoms with E-state index in [4.69, 9.17) is 34.2 Å². The molecule has 2 aliphatic rings. The molecular weight excluding hydrogens is 1010 g/mol. The monoisotopic (exact) mass is 1080 g/mol. The highest BCUT2D eigenvalue weighted by Crippen LogP contribution is 2.26. The van der Waals surface area contributed by atoms with Crippen LogP contribution in [0, 0.1) is 5.92 Å². The van der Waals surface area contributed by atoms with Crippen LogP contribution in [0.15, 0.2) is 102 Å². The Bertz CT molecular complexity index is 2820. The first kappa shape index (κ1) is 58.9. The predicted octanol–water partition coefficient (Wildman–Crippen LogP) is 1.48. The molecule has 9 N–H and O–H groups in total.